The number of carbonyl (C=O) groups excluding carboxylic acids is 2. The number of nitrogens with one attached hydrogen (secondary N) is 1. The summed E-state index contributed by atoms with van der Waals surface area (Å²) in [4.78, 5) is 25.3. The molecule has 0 atom stereocenters. The van der Waals surface area contributed by atoms with E-state index in [4.69, 9.17) is 18.9 Å². The highest BCUT2D eigenvalue weighted by atomic mass is 16.5. The molecule has 0 unspecified atom stereocenters. The smallest absolute Gasteiger partial charge is 0.343 e. The molecule has 4 aromatic carbocycles. The highest BCUT2D eigenvalue weighted by molar-refractivity contribution is 5.96. The first-order chi connectivity index (χ1) is 20.4. The molecule has 4 aromatic rings. The van der Waals surface area contributed by atoms with Crippen LogP contribution < -0.4 is 24.4 Å². The van der Waals surface area contributed by atoms with Gasteiger partial charge in [0.05, 0.1) is 33.1 Å². The van der Waals surface area contributed by atoms with Crippen molar-refractivity contribution < 1.29 is 28.5 Å². The zero-order valence-corrected chi connectivity index (χ0v) is 24.2. The highest BCUT2D eigenvalue weighted by Gasteiger charge is 2.17. The summed E-state index contributed by atoms with van der Waals surface area (Å²) in [6.45, 7) is 2.19. The summed E-state index contributed by atoms with van der Waals surface area (Å²) < 4.78 is 21.4. The quantitative estimate of drug-likeness (QED) is 0.0887. The van der Waals surface area contributed by atoms with Gasteiger partial charge in [0.1, 0.15) is 5.75 Å². The van der Waals surface area contributed by atoms with Gasteiger partial charge in [0.15, 0.2) is 11.5 Å². The molecule has 0 spiro atoms. The lowest BCUT2D eigenvalue weighted by atomic mass is 10.0. The van der Waals surface area contributed by atoms with Gasteiger partial charge in [-0.3, -0.25) is 4.79 Å². The molecule has 0 aromatic heterocycles. The van der Waals surface area contributed by atoms with Crippen LogP contribution in [0.4, 0.5) is 0 Å². The van der Waals surface area contributed by atoms with Gasteiger partial charge in [0.25, 0.3) is 5.91 Å². The average molecular weight is 567 g/mol. The molecule has 0 heterocycles. The van der Waals surface area contributed by atoms with Crippen LogP contribution in [0.5, 0.6) is 23.0 Å². The predicted octanol–water partition coefficient (Wildman–Crippen LogP) is 6.71. The normalized spacial score (nSPS) is 10.8. The van der Waals surface area contributed by atoms with Gasteiger partial charge < -0.3 is 18.9 Å². The number of amides is 1. The van der Waals surface area contributed by atoms with Crippen LogP contribution in [0.15, 0.2) is 90.0 Å². The Labute approximate surface area is 245 Å². The predicted molar refractivity (Wildman–Crippen MR) is 163 cm³/mol. The van der Waals surface area contributed by atoms with Crippen molar-refractivity contribution >= 4 is 18.1 Å². The SMILES string of the molecule is CCCCc1ccc(-c2ccc(C(=O)Oc3ccc(C=NNC(=O)c4cc(OC)c(OC)c(OC)c4)cc3)cc2)cc1. The van der Waals surface area contributed by atoms with E-state index in [0.29, 0.717) is 34.1 Å². The van der Waals surface area contributed by atoms with Crippen molar-refractivity contribution in [2.75, 3.05) is 21.3 Å². The van der Waals surface area contributed by atoms with Crippen LogP contribution in [0.1, 0.15) is 51.6 Å². The van der Waals surface area contributed by atoms with Crippen molar-refractivity contribution in [2.24, 2.45) is 5.10 Å². The van der Waals surface area contributed by atoms with Crippen molar-refractivity contribution in [3.05, 3.63) is 107 Å². The summed E-state index contributed by atoms with van der Waals surface area (Å²) in [5.74, 6) is 0.604. The Hall–Kier alpha value is -5.11. The monoisotopic (exact) mass is 566 g/mol. The number of carbonyl (C=O) groups is 2. The highest BCUT2D eigenvalue weighted by Crippen LogP contribution is 2.38. The molecular weight excluding hydrogens is 532 g/mol. The number of nitrogens with zero attached hydrogens (tertiary/aromatic N) is 1. The van der Waals surface area contributed by atoms with E-state index in [9.17, 15) is 9.59 Å². The van der Waals surface area contributed by atoms with Crippen LogP contribution >= 0.6 is 0 Å². The lowest BCUT2D eigenvalue weighted by Crippen LogP contribution is -2.18. The third-order valence-corrected chi connectivity index (χ3v) is 6.62. The number of hydrazone groups is 1. The molecule has 0 aliphatic heterocycles. The zero-order valence-electron chi connectivity index (χ0n) is 24.2. The van der Waals surface area contributed by atoms with E-state index in [2.05, 4.69) is 41.7 Å². The molecule has 42 heavy (non-hydrogen) atoms. The summed E-state index contributed by atoms with van der Waals surface area (Å²) in [7, 11) is 4.44. The second-order valence-electron chi connectivity index (χ2n) is 9.45. The summed E-state index contributed by atoms with van der Waals surface area (Å²) in [6, 6.07) is 25.8. The minimum Gasteiger partial charge on any atom is -0.493 e. The second-order valence-corrected chi connectivity index (χ2v) is 9.45. The van der Waals surface area contributed by atoms with Gasteiger partial charge >= 0.3 is 5.97 Å². The van der Waals surface area contributed by atoms with Crippen molar-refractivity contribution in [1.29, 1.82) is 0 Å². The topological polar surface area (TPSA) is 95.5 Å². The van der Waals surface area contributed by atoms with Crippen LogP contribution in [-0.4, -0.2) is 39.4 Å². The molecule has 0 radical (unpaired) electrons. The molecule has 8 heteroatoms. The van der Waals surface area contributed by atoms with E-state index in [1.54, 1.807) is 36.4 Å². The van der Waals surface area contributed by atoms with Crippen LogP contribution in [-0.2, 0) is 6.42 Å². The van der Waals surface area contributed by atoms with Crippen molar-refractivity contribution in [1.82, 2.24) is 5.43 Å². The number of aryl methyl sites for hydroxylation is 1. The van der Waals surface area contributed by atoms with E-state index >= 15 is 0 Å². The number of benzene rings is 4. The molecule has 8 nitrogen and oxygen atoms in total. The van der Waals surface area contributed by atoms with E-state index < -0.39 is 11.9 Å². The minimum absolute atomic E-state index is 0.289. The van der Waals surface area contributed by atoms with E-state index in [1.807, 2.05) is 12.1 Å². The first-order valence-electron chi connectivity index (χ1n) is 13.6. The van der Waals surface area contributed by atoms with Gasteiger partial charge in [0.2, 0.25) is 5.75 Å². The summed E-state index contributed by atoms with van der Waals surface area (Å²) in [5.41, 5.74) is 7.39. The molecule has 0 bridgehead atoms. The number of rotatable bonds is 12. The molecule has 0 aliphatic carbocycles. The number of unbranched alkanes of at least 4 members (excludes halogenated alkanes) is 1. The number of hydrogen-bond acceptors (Lipinski definition) is 7. The molecular formula is C34H34N2O6. The zero-order chi connectivity index (χ0) is 29.9. The Balaban J connectivity index is 1.32. The van der Waals surface area contributed by atoms with Gasteiger partial charge in [0, 0.05) is 5.56 Å². The number of hydrogen-bond donors (Lipinski definition) is 1. The molecule has 0 saturated heterocycles. The minimum atomic E-state index is -0.453. The number of methoxy groups -OCH3 is 3. The van der Waals surface area contributed by atoms with Crippen LogP contribution in [0.3, 0.4) is 0 Å². The number of ether oxygens (including phenoxy) is 4. The maximum atomic E-state index is 12.7. The van der Waals surface area contributed by atoms with Crippen LogP contribution in [0, 0.1) is 0 Å². The first kappa shape index (κ1) is 29.9. The second kappa shape index (κ2) is 14.5. The van der Waals surface area contributed by atoms with E-state index in [0.717, 1.165) is 17.5 Å². The van der Waals surface area contributed by atoms with Gasteiger partial charge in [-0.25, -0.2) is 10.2 Å². The summed E-state index contributed by atoms with van der Waals surface area (Å²) in [6.07, 6.45) is 4.93. The molecule has 0 saturated carbocycles. The Kier molecular flexibility index (Phi) is 10.3. The maximum absolute atomic E-state index is 12.7. The van der Waals surface area contributed by atoms with Gasteiger partial charge in [-0.1, -0.05) is 49.7 Å². The van der Waals surface area contributed by atoms with Crippen LogP contribution in [0.2, 0.25) is 0 Å². The summed E-state index contributed by atoms with van der Waals surface area (Å²) >= 11 is 0. The first-order valence-corrected chi connectivity index (χ1v) is 13.6. The Morgan fingerprint density at radius 2 is 1.36 bits per heavy atom. The van der Waals surface area contributed by atoms with Gasteiger partial charge in [-0.2, -0.15) is 5.10 Å². The Bertz CT molecular complexity index is 1500. The maximum Gasteiger partial charge on any atom is 0.343 e. The standard InChI is InChI=1S/C34H34N2O6/c1-5-6-7-23-8-12-25(13-9-23)26-14-16-27(17-15-26)34(38)42-29-18-10-24(11-19-29)22-35-36-33(37)28-20-30(39-2)32(41-4)31(21-28)40-3/h8-22H,5-7H2,1-4H3,(H,36,37). The van der Waals surface area contributed by atoms with Gasteiger partial charge in [-0.05, 0) is 83.6 Å². The van der Waals surface area contributed by atoms with Crippen molar-refractivity contribution in [2.45, 2.75) is 26.2 Å². The van der Waals surface area contributed by atoms with Crippen molar-refractivity contribution in [3.63, 3.8) is 0 Å². The van der Waals surface area contributed by atoms with Crippen molar-refractivity contribution in [3.8, 4) is 34.1 Å². The molecule has 1 N–H and O–H groups in total. The average Bonchev–Trinajstić information content (AvgIpc) is 3.04. The fraction of sp³-hybridized carbons (Fsp3) is 0.206. The third kappa shape index (κ3) is 7.54. The molecule has 0 aliphatic rings. The van der Waals surface area contributed by atoms with E-state index in [1.165, 1.54) is 58.1 Å². The Morgan fingerprint density at radius 1 is 0.762 bits per heavy atom. The van der Waals surface area contributed by atoms with Crippen LogP contribution in [0.25, 0.3) is 11.1 Å². The largest absolute Gasteiger partial charge is 0.493 e. The fourth-order valence-corrected chi connectivity index (χ4v) is 4.27. The number of esters is 1. The van der Waals surface area contributed by atoms with Gasteiger partial charge in [-0.15, -0.1) is 0 Å². The fourth-order valence-electron chi connectivity index (χ4n) is 4.27. The van der Waals surface area contributed by atoms with E-state index in [-0.39, 0.29) is 5.56 Å². The molecule has 4 rings (SSSR count). The summed E-state index contributed by atoms with van der Waals surface area (Å²) in [5, 5.41) is 4.02. The lowest BCUT2D eigenvalue weighted by Gasteiger charge is -2.13. The molecule has 1 amide bonds. The lowest BCUT2D eigenvalue weighted by molar-refractivity contribution is 0.0734. The third-order valence-electron chi connectivity index (χ3n) is 6.62. The Morgan fingerprint density at radius 3 is 1.90 bits per heavy atom. The molecule has 216 valence electrons. The molecule has 0 fully saturated rings.